The molecule has 3 heterocycles. The summed E-state index contributed by atoms with van der Waals surface area (Å²) >= 11 is 0. The zero-order chi connectivity index (χ0) is 23.3. The Balaban J connectivity index is 1.26. The summed E-state index contributed by atoms with van der Waals surface area (Å²) in [6, 6.07) is 10.7. The van der Waals surface area contributed by atoms with Gasteiger partial charge in [0.2, 0.25) is 17.7 Å². The van der Waals surface area contributed by atoms with Crippen molar-refractivity contribution < 1.29 is 27.1 Å². The lowest BCUT2D eigenvalue weighted by atomic mass is 10.1. The molecule has 0 fully saturated rings. The predicted octanol–water partition coefficient (Wildman–Crippen LogP) is 2.97. The smallest absolute Gasteiger partial charge is 0.411 e. The molecule has 1 aromatic carbocycles. The lowest BCUT2D eigenvalue weighted by Gasteiger charge is -2.10. The van der Waals surface area contributed by atoms with E-state index in [1.165, 1.54) is 10.8 Å². The minimum Gasteiger partial charge on any atom is -0.491 e. The fourth-order valence-corrected chi connectivity index (χ4v) is 2.87. The van der Waals surface area contributed by atoms with Gasteiger partial charge in [-0.25, -0.2) is 0 Å². The van der Waals surface area contributed by atoms with Gasteiger partial charge in [-0.05, 0) is 36.2 Å². The van der Waals surface area contributed by atoms with E-state index in [0.29, 0.717) is 36.2 Å². The van der Waals surface area contributed by atoms with Crippen LogP contribution in [0, 0.1) is 0 Å². The number of benzene rings is 1. The van der Waals surface area contributed by atoms with Gasteiger partial charge in [-0.1, -0.05) is 12.1 Å². The maximum Gasteiger partial charge on any atom is 0.411 e. The fourth-order valence-electron chi connectivity index (χ4n) is 2.87. The highest BCUT2D eigenvalue weighted by Crippen LogP contribution is 2.18. The van der Waals surface area contributed by atoms with Crippen LogP contribution in [0.25, 0.3) is 17.4 Å². The van der Waals surface area contributed by atoms with Gasteiger partial charge in [0.1, 0.15) is 19.0 Å². The third-order valence-electron chi connectivity index (χ3n) is 4.36. The Morgan fingerprint density at radius 3 is 2.61 bits per heavy atom. The minimum absolute atomic E-state index is 0.0302. The molecule has 4 rings (SSSR count). The Morgan fingerprint density at radius 1 is 1.06 bits per heavy atom. The number of alkyl halides is 3. The molecule has 3 aromatic heterocycles. The summed E-state index contributed by atoms with van der Waals surface area (Å²) < 4.78 is 52.5. The van der Waals surface area contributed by atoms with E-state index in [0.717, 1.165) is 5.56 Å². The first-order valence-electron chi connectivity index (χ1n) is 9.92. The quantitative estimate of drug-likeness (QED) is 0.341. The molecule has 10 nitrogen and oxygen atoms in total. The van der Waals surface area contributed by atoms with Crippen molar-refractivity contribution in [3.63, 3.8) is 0 Å². The van der Waals surface area contributed by atoms with E-state index >= 15 is 0 Å². The molecule has 13 heteroatoms. The third-order valence-corrected chi connectivity index (χ3v) is 4.36. The molecule has 0 saturated heterocycles. The van der Waals surface area contributed by atoms with Crippen LogP contribution in [0.4, 0.5) is 25.1 Å². The Bertz CT molecular complexity index is 1180. The molecule has 0 spiro atoms. The molecule has 0 bridgehead atoms. The van der Waals surface area contributed by atoms with Crippen LogP contribution >= 0.6 is 0 Å². The second-order valence-electron chi connectivity index (χ2n) is 6.87. The van der Waals surface area contributed by atoms with Crippen LogP contribution in [0.3, 0.4) is 0 Å². The molecule has 0 amide bonds. The van der Waals surface area contributed by atoms with Crippen molar-refractivity contribution in [3.8, 4) is 17.3 Å². The SMILES string of the molecule is Nc1nc(NCCc2ccc(OCCOCC(F)(F)F)cc2)nc2nc(-c3ccco3)nn12. The molecule has 4 aromatic rings. The molecule has 33 heavy (non-hydrogen) atoms. The molecular weight excluding hydrogens is 443 g/mol. The van der Waals surface area contributed by atoms with Crippen molar-refractivity contribution >= 4 is 17.7 Å². The number of fused-ring (bicyclic) bond motifs is 1. The first-order chi connectivity index (χ1) is 15.9. The van der Waals surface area contributed by atoms with Crippen molar-refractivity contribution in [2.75, 3.05) is 37.4 Å². The Hall–Kier alpha value is -3.87. The maximum atomic E-state index is 12.0. The highest BCUT2D eigenvalue weighted by molar-refractivity contribution is 5.52. The zero-order valence-electron chi connectivity index (χ0n) is 17.2. The number of nitrogens with one attached hydrogen (secondary N) is 1. The summed E-state index contributed by atoms with van der Waals surface area (Å²) in [5.74, 6) is 2.13. The van der Waals surface area contributed by atoms with Crippen LogP contribution in [-0.2, 0) is 11.2 Å². The normalized spacial score (nSPS) is 11.7. The number of nitrogens with two attached hydrogens (primary N) is 1. The van der Waals surface area contributed by atoms with Gasteiger partial charge >= 0.3 is 6.18 Å². The van der Waals surface area contributed by atoms with Crippen molar-refractivity contribution in [1.29, 1.82) is 0 Å². The molecule has 0 aliphatic rings. The highest BCUT2D eigenvalue weighted by atomic mass is 19.4. The number of ether oxygens (including phenoxy) is 2. The van der Waals surface area contributed by atoms with Crippen LogP contribution < -0.4 is 15.8 Å². The van der Waals surface area contributed by atoms with Crippen LogP contribution in [0.1, 0.15) is 5.56 Å². The molecule has 0 radical (unpaired) electrons. The summed E-state index contributed by atoms with van der Waals surface area (Å²) in [5, 5.41) is 7.34. The monoisotopic (exact) mass is 463 g/mol. The molecule has 0 aliphatic heterocycles. The lowest BCUT2D eigenvalue weighted by molar-refractivity contribution is -0.175. The first kappa shape index (κ1) is 22.3. The van der Waals surface area contributed by atoms with Gasteiger partial charge in [0, 0.05) is 6.54 Å². The van der Waals surface area contributed by atoms with E-state index in [1.807, 2.05) is 12.1 Å². The standard InChI is InChI=1S/C20H20F3N7O3/c21-20(22,23)12-31-10-11-32-14-5-3-13(4-6-14)7-8-25-18-27-17(24)30-19(28-18)26-16(29-30)15-2-1-9-33-15/h1-6,9H,7-8,10-12H2,(H3,24,25,26,27,28,29). The number of hydrogen-bond acceptors (Lipinski definition) is 9. The molecule has 0 unspecified atom stereocenters. The molecule has 174 valence electrons. The molecule has 3 N–H and O–H groups in total. The number of hydrogen-bond donors (Lipinski definition) is 2. The van der Waals surface area contributed by atoms with Gasteiger partial charge in [-0.3, -0.25) is 0 Å². The molecule has 0 saturated carbocycles. The average Bonchev–Trinajstić information content (AvgIpc) is 3.44. The van der Waals surface area contributed by atoms with Crippen molar-refractivity contribution in [1.82, 2.24) is 24.6 Å². The Morgan fingerprint density at radius 2 is 1.88 bits per heavy atom. The fraction of sp³-hybridized carbons (Fsp3) is 0.300. The second-order valence-corrected chi connectivity index (χ2v) is 6.87. The number of furan rings is 1. The minimum atomic E-state index is -4.34. The first-order valence-corrected chi connectivity index (χ1v) is 9.92. The second kappa shape index (κ2) is 9.73. The summed E-state index contributed by atoms with van der Waals surface area (Å²) in [5.41, 5.74) is 6.98. The van der Waals surface area contributed by atoms with E-state index < -0.39 is 12.8 Å². The van der Waals surface area contributed by atoms with Crippen LogP contribution in [0.15, 0.2) is 47.1 Å². The van der Waals surface area contributed by atoms with Gasteiger partial charge in [0.25, 0.3) is 5.78 Å². The van der Waals surface area contributed by atoms with E-state index in [9.17, 15) is 13.2 Å². The van der Waals surface area contributed by atoms with Gasteiger partial charge in [-0.15, -0.1) is 5.10 Å². The van der Waals surface area contributed by atoms with Crippen molar-refractivity contribution in [2.45, 2.75) is 12.6 Å². The maximum absolute atomic E-state index is 12.0. The molecule has 0 atom stereocenters. The lowest BCUT2D eigenvalue weighted by Crippen LogP contribution is -2.19. The third kappa shape index (κ3) is 6.10. The number of halogens is 3. The summed E-state index contributed by atoms with van der Waals surface area (Å²) in [4.78, 5) is 12.8. The van der Waals surface area contributed by atoms with Gasteiger partial charge in [-0.2, -0.15) is 32.6 Å². The highest BCUT2D eigenvalue weighted by Gasteiger charge is 2.27. The predicted molar refractivity (Wildman–Crippen MR) is 112 cm³/mol. The van der Waals surface area contributed by atoms with E-state index in [-0.39, 0.29) is 24.9 Å². The van der Waals surface area contributed by atoms with E-state index in [1.54, 1.807) is 24.3 Å². The van der Waals surface area contributed by atoms with Crippen LogP contribution in [-0.4, -0.2) is 57.1 Å². The Kier molecular flexibility index (Phi) is 6.58. The number of rotatable bonds is 10. The van der Waals surface area contributed by atoms with E-state index in [4.69, 9.17) is 14.9 Å². The van der Waals surface area contributed by atoms with E-state index in [2.05, 4.69) is 30.1 Å². The van der Waals surface area contributed by atoms with Gasteiger partial charge in [0.05, 0.1) is 12.9 Å². The average molecular weight is 463 g/mol. The molecule has 0 aliphatic carbocycles. The Labute approximate surface area is 185 Å². The number of nitrogens with zero attached hydrogens (tertiary/aromatic N) is 5. The summed E-state index contributed by atoms with van der Waals surface area (Å²) in [7, 11) is 0. The summed E-state index contributed by atoms with van der Waals surface area (Å²) in [6.45, 7) is -0.872. The van der Waals surface area contributed by atoms with Crippen LogP contribution in [0.5, 0.6) is 5.75 Å². The molecular formula is C20H20F3N7O3. The zero-order valence-corrected chi connectivity index (χ0v) is 17.2. The van der Waals surface area contributed by atoms with Crippen molar-refractivity contribution in [2.24, 2.45) is 0 Å². The topological polar surface area (TPSA) is 126 Å². The number of aromatic nitrogens is 5. The largest absolute Gasteiger partial charge is 0.491 e. The number of nitrogen functional groups attached to an aromatic ring is 1. The van der Waals surface area contributed by atoms with Crippen molar-refractivity contribution in [3.05, 3.63) is 48.2 Å². The van der Waals surface area contributed by atoms with Crippen LogP contribution in [0.2, 0.25) is 0 Å². The summed E-state index contributed by atoms with van der Waals surface area (Å²) in [6.07, 6.45) is -2.15. The van der Waals surface area contributed by atoms with Gasteiger partial charge < -0.3 is 24.9 Å². The van der Waals surface area contributed by atoms with Gasteiger partial charge in [0.15, 0.2) is 5.76 Å². The number of anilines is 2.